The lowest BCUT2D eigenvalue weighted by atomic mass is 9.53. The number of nitrogens with two attached hydrogens (primary N) is 1. The number of ketones is 4. The maximum Gasteiger partial charge on any atom is 0.416 e. The molecule has 0 aromatic heterocycles. The van der Waals surface area contributed by atoms with Crippen molar-refractivity contribution in [3.05, 3.63) is 64.2 Å². The van der Waals surface area contributed by atoms with E-state index in [0.29, 0.717) is 29.5 Å². The van der Waals surface area contributed by atoms with Gasteiger partial charge in [0.25, 0.3) is 0 Å². The summed E-state index contributed by atoms with van der Waals surface area (Å²) in [6.07, 6.45) is -4.08. The highest BCUT2D eigenvalue weighted by atomic mass is 19.4. The fourth-order valence-electron chi connectivity index (χ4n) is 6.41. The number of primary amides is 1. The number of phenolic OH excluding ortho intramolecular Hbond substituents is 1. The van der Waals surface area contributed by atoms with Crippen LogP contribution in [-0.2, 0) is 44.6 Å². The maximum atomic E-state index is 13.6. The smallest absolute Gasteiger partial charge is 0.416 e. The van der Waals surface area contributed by atoms with Gasteiger partial charge < -0.3 is 15.9 Å². The van der Waals surface area contributed by atoms with Crippen LogP contribution in [0.5, 0.6) is 5.75 Å². The van der Waals surface area contributed by atoms with Crippen LogP contribution in [0.15, 0.2) is 36.4 Å². The third-order valence-corrected chi connectivity index (χ3v) is 8.35. The number of phenols is 1. The van der Waals surface area contributed by atoms with E-state index >= 15 is 0 Å². The molecule has 8 nitrogen and oxygen atoms in total. The summed E-state index contributed by atoms with van der Waals surface area (Å²) in [6, 6.07) is 7.61. The monoisotopic (exact) mass is 543 g/mol. The van der Waals surface area contributed by atoms with Crippen molar-refractivity contribution < 1.29 is 47.4 Å². The summed E-state index contributed by atoms with van der Waals surface area (Å²) in [4.78, 5) is 64.2. The van der Waals surface area contributed by atoms with Gasteiger partial charge in [-0.3, -0.25) is 24.0 Å². The fraction of sp³-hybridized carbons (Fsp3) is 0.393. The Balaban J connectivity index is 1.45. The van der Waals surface area contributed by atoms with Gasteiger partial charge in [0.05, 0.1) is 17.0 Å². The van der Waals surface area contributed by atoms with E-state index in [-0.39, 0.29) is 24.2 Å². The summed E-state index contributed by atoms with van der Waals surface area (Å²) in [7, 11) is 0. The molecule has 0 bridgehead atoms. The number of hydrogen-bond donors (Lipinski definition) is 3. The minimum Gasteiger partial charge on any atom is -0.507 e. The molecule has 5 atom stereocenters. The van der Waals surface area contributed by atoms with E-state index in [9.17, 15) is 47.4 Å². The molecule has 3 aliphatic carbocycles. The van der Waals surface area contributed by atoms with E-state index in [1.54, 1.807) is 6.07 Å². The molecule has 0 saturated heterocycles. The normalized spacial score (nSPS) is 28.5. The van der Waals surface area contributed by atoms with Crippen LogP contribution in [0.25, 0.3) is 0 Å². The summed E-state index contributed by atoms with van der Waals surface area (Å²) in [6.45, 7) is 0. The Labute approximate surface area is 220 Å². The Kier molecular flexibility index (Phi) is 6.25. The number of carbonyl (C=O) groups excluding carboxylic acids is 5. The Morgan fingerprint density at radius 2 is 1.64 bits per heavy atom. The molecule has 39 heavy (non-hydrogen) atoms. The Morgan fingerprint density at radius 1 is 0.974 bits per heavy atom. The number of halogens is 3. The van der Waals surface area contributed by atoms with Crippen LogP contribution in [0.4, 0.5) is 13.2 Å². The molecule has 0 heterocycles. The number of rotatable bonds is 4. The van der Waals surface area contributed by atoms with E-state index in [0.717, 1.165) is 12.1 Å². The van der Waals surface area contributed by atoms with Gasteiger partial charge in [-0.15, -0.1) is 0 Å². The second-order valence-corrected chi connectivity index (χ2v) is 10.5. The molecule has 2 saturated carbocycles. The second-order valence-electron chi connectivity index (χ2n) is 10.5. The number of hydrogen-bond acceptors (Lipinski definition) is 7. The first-order valence-electron chi connectivity index (χ1n) is 12.4. The Morgan fingerprint density at radius 3 is 2.26 bits per heavy atom. The summed E-state index contributed by atoms with van der Waals surface area (Å²) in [5.41, 5.74) is 3.36. The number of fused-ring (bicyclic) bond motifs is 3. The van der Waals surface area contributed by atoms with Gasteiger partial charge in [-0.1, -0.05) is 18.2 Å². The molecule has 4 N–H and O–H groups in total. The van der Waals surface area contributed by atoms with Gasteiger partial charge in [0, 0.05) is 12.3 Å². The minimum absolute atomic E-state index is 0.0188. The number of aryl methyl sites for hydroxylation is 2. The third-order valence-electron chi connectivity index (χ3n) is 8.35. The summed E-state index contributed by atoms with van der Waals surface area (Å²) < 4.78 is 38.6. The highest BCUT2D eigenvalue weighted by Crippen LogP contribution is 2.50. The quantitative estimate of drug-likeness (QED) is 0.500. The van der Waals surface area contributed by atoms with Crippen LogP contribution in [0.3, 0.4) is 0 Å². The lowest BCUT2D eigenvalue weighted by molar-refractivity contribution is -0.175. The van der Waals surface area contributed by atoms with Gasteiger partial charge in [0.15, 0.2) is 34.7 Å². The van der Waals surface area contributed by atoms with Crippen molar-refractivity contribution >= 4 is 29.0 Å². The average molecular weight is 543 g/mol. The number of Topliss-reactive ketones (excluding diaryl/α,β-unsaturated/α-hetero) is 4. The van der Waals surface area contributed by atoms with Crippen LogP contribution in [0.1, 0.15) is 45.5 Å². The van der Waals surface area contributed by atoms with E-state index in [1.807, 2.05) is 0 Å². The van der Waals surface area contributed by atoms with E-state index in [1.165, 1.54) is 18.2 Å². The van der Waals surface area contributed by atoms with Crippen molar-refractivity contribution in [2.24, 2.45) is 29.4 Å². The van der Waals surface area contributed by atoms with Crippen molar-refractivity contribution in [3.8, 4) is 5.75 Å². The van der Waals surface area contributed by atoms with Crippen LogP contribution < -0.4 is 5.73 Å². The third kappa shape index (κ3) is 4.15. The SMILES string of the molecule is NC(=O)C1C(=O)C[C@@H]2C[C@@H]3Cc4c(CCc5ccc(C(F)(F)F)cc5)ccc(O)c4C(=O)C3C(=O)[C@]2(O)C1=O. The molecule has 2 aromatic rings. The molecule has 2 unspecified atom stereocenters. The van der Waals surface area contributed by atoms with Gasteiger partial charge in [0.1, 0.15) is 5.75 Å². The second kappa shape index (κ2) is 9.11. The molecule has 0 aliphatic heterocycles. The van der Waals surface area contributed by atoms with Gasteiger partial charge in [-0.25, -0.2) is 0 Å². The number of carbonyl (C=O) groups is 5. The van der Waals surface area contributed by atoms with Crippen LogP contribution in [0.2, 0.25) is 0 Å². The van der Waals surface area contributed by atoms with Gasteiger partial charge >= 0.3 is 6.18 Å². The van der Waals surface area contributed by atoms with Gasteiger partial charge in [-0.05, 0) is 66.5 Å². The highest BCUT2D eigenvalue weighted by molar-refractivity contribution is 6.31. The summed E-state index contributed by atoms with van der Waals surface area (Å²) in [5, 5.41) is 21.8. The Bertz CT molecular complexity index is 1430. The predicted molar refractivity (Wildman–Crippen MR) is 127 cm³/mol. The number of alkyl halides is 3. The number of aliphatic hydroxyl groups is 1. The molecule has 204 valence electrons. The number of aromatic hydroxyl groups is 1. The van der Waals surface area contributed by atoms with Crippen molar-refractivity contribution in [2.45, 2.75) is 43.9 Å². The molecule has 1 amide bonds. The van der Waals surface area contributed by atoms with Crippen molar-refractivity contribution in [1.29, 1.82) is 0 Å². The summed E-state index contributed by atoms with van der Waals surface area (Å²) in [5.74, 6) is -10.8. The Hall–Kier alpha value is -3.86. The fourth-order valence-corrected chi connectivity index (χ4v) is 6.41. The first-order chi connectivity index (χ1) is 18.2. The predicted octanol–water partition coefficient (Wildman–Crippen LogP) is 2.13. The molecule has 11 heteroatoms. The van der Waals surface area contributed by atoms with Crippen molar-refractivity contribution in [2.75, 3.05) is 0 Å². The lowest BCUT2D eigenvalue weighted by Crippen LogP contribution is -2.68. The zero-order chi connectivity index (χ0) is 28.4. The number of amides is 1. The van der Waals surface area contributed by atoms with Crippen LogP contribution in [0, 0.1) is 23.7 Å². The molecule has 2 fully saturated rings. The van der Waals surface area contributed by atoms with Crippen LogP contribution in [-0.4, -0.2) is 44.9 Å². The van der Waals surface area contributed by atoms with Crippen molar-refractivity contribution in [1.82, 2.24) is 0 Å². The minimum atomic E-state index is -4.45. The molecule has 2 aromatic carbocycles. The first kappa shape index (κ1) is 26.7. The molecular weight excluding hydrogens is 519 g/mol. The first-order valence-corrected chi connectivity index (χ1v) is 12.4. The maximum absolute atomic E-state index is 13.6. The zero-order valence-corrected chi connectivity index (χ0v) is 20.5. The zero-order valence-electron chi connectivity index (χ0n) is 20.5. The van der Waals surface area contributed by atoms with E-state index in [2.05, 4.69) is 0 Å². The topological polar surface area (TPSA) is 152 Å². The molecule has 5 rings (SSSR count). The molecule has 0 radical (unpaired) electrons. The van der Waals surface area contributed by atoms with Crippen molar-refractivity contribution in [3.63, 3.8) is 0 Å². The molecular formula is C28H24F3NO7. The van der Waals surface area contributed by atoms with Gasteiger partial charge in [-0.2, -0.15) is 13.2 Å². The van der Waals surface area contributed by atoms with Gasteiger partial charge in [0.2, 0.25) is 5.91 Å². The van der Waals surface area contributed by atoms with Crippen LogP contribution >= 0.6 is 0 Å². The number of benzene rings is 2. The lowest BCUT2D eigenvalue weighted by Gasteiger charge is -2.48. The summed E-state index contributed by atoms with van der Waals surface area (Å²) >= 11 is 0. The molecule has 3 aliphatic rings. The van der Waals surface area contributed by atoms with E-state index in [4.69, 9.17) is 5.73 Å². The van der Waals surface area contributed by atoms with E-state index < -0.39 is 76.5 Å². The molecule has 0 spiro atoms. The standard InChI is InChI=1S/C28H24F3NO7/c29-28(30,31)15-6-2-12(3-7-15)1-4-13-5-8-18(33)21-17(13)10-14-9-16-11-19(34)22(26(32)38)25(37)27(16,39)24(36)20(14)23(21)35/h2-3,5-8,14,16,20,22,33,39H,1,4,9-11H2,(H2,32,38)/t14-,16+,20?,22?,27+/m1/s1. The largest absolute Gasteiger partial charge is 0.507 e. The highest BCUT2D eigenvalue weighted by Gasteiger charge is 2.66. The average Bonchev–Trinajstić information content (AvgIpc) is 2.85.